The fourth-order valence-corrected chi connectivity index (χ4v) is 11.9. The van der Waals surface area contributed by atoms with Gasteiger partial charge in [0.05, 0.1) is 17.2 Å². The fourth-order valence-electron chi connectivity index (χ4n) is 6.56. The number of halogens is 6. The van der Waals surface area contributed by atoms with E-state index >= 15 is 0 Å². The summed E-state index contributed by atoms with van der Waals surface area (Å²) in [7, 11) is -2.82. The largest absolute Gasteiger partial charge is 0.416 e. The van der Waals surface area contributed by atoms with Crippen LogP contribution in [0.5, 0.6) is 0 Å². The zero-order valence-corrected chi connectivity index (χ0v) is 30.1. The van der Waals surface area contributed by atoms with Gasteiger partial charge in [-0.3, -0.25) is 0 Å². The summed E-state index contributed by atoms with van der Waals surface area (Å²) >= 11 is 0. The molecular formula is C42H35F6OP2. The molecule has 5 aromatic carbocycles. The van der Waals surface area contributed by atoms with Crippen molar-refractivity contribution in [2.75, 3.05) is 0 Å². The first kappa shape index (κ1) is 37.3. The van der Waals surface area contributed by atoms with Crippen LogP contribution in [0, 0.1) is 58.5 Å². The molecule has 1 aliphatic carbocycles. The Morgan fingerprint density at radius 2 is 0.941 bits per heavy atom. The summed E-state index contributed by atoms with van der Waals surface area (Å²) in [5.74, 6) is 0.696. The molecule has 261 valence electrons. The van der Waals surface area contributed by atoms with Crippen LogP contribution in [0.15, 0.2) is 109 Å². The third kappa shape index (κ3) is 8.27. The summed E-state index contributed by atoms with van der Waals surface area (Å²) in [6.07, 6.45) is -4.38. The van der Waals surface area contributed by atoms with Crippen molar-refractivity contribution in [1.29, 1.82) is 0 Å². The molecule has 5 aromatic rings. The maximum Gasteiger partial charge on any atom is 0.416 e. The highest BCUT2D eigenvalue weighted by atomic mass is 31.1. The lowest BCUT2D eigenvalue weighted by Gasteiger charge is -2.34. The van der Waals surface area contributed by atoms with E-state index in [0.717, 1.165) is 62.8 Å². The second kappa shape index (κ2) is 14.9. The third-order valence-corrected chi connectivity index (χ3v) is 13.6. The van der Waals surface area contributed by atoms with Crippen molar-refractivity contribution in [2.24, 2.45) is 0 Å². The van der Waals surface area contributed by atoms with Gasteiger partial charge in [0, 0.05) is 11.6 Å². The van der Waals surface area contributed by atoms with Crippen molar-refractivity contribution in [3.8, 4) is 0 Å². The second-order valence-electron chi connectivity index (χ2n) is 12.8. The molecule has 0 aliphatic heterocycles. The van der Waals surface area contributed by atoms with E-state index in [1.54, 1.807) is 24.3 Å². The quantitative estimate of drug-likeness (QED) is 0.125. The summed E-state index contributed by atoms with van der Waals surface area (Å²) in [4.78, 5) is 0. The van der Waals surface area contributed by atoms with E-state index in [0.29, 0.717) is 27.4 Å². The van der Waals surface area contributed by atoms with Crippen molar-refractivity contribution in [1.82, 2.24) is 0 Å². The van der Waals surface area contributed by atoms with Crippen LogP contribution in [-0.2, 0) is 12.4 Å². The zero-order valence-electron chi connectivity index (χ0n) is 28.3. The van der Waals surface area contributed by atoms with Gasteiger partial charge in [-0.1, -0.05) is 107 Å². The minimum Gasteiger partial charge on any atom is -0.388 e. The van der Waals surface area contributed by atoms with Gasteiger partial charge in [-0.15, -0.1) is 0 Å². The Labute approximate surface area is 298 Å². The molecule has 1 aliphatic rings. The highest BCUT2D eigenvalue weighted by molar-refractivity contribution is 7.80. The first-order valence-electron chi connectivity index (χ1n) is 16.2. The molecular weight excluding hydrogens is 696 g/mol. The average Bonchev–Trinajstić information content (AvgIpc) is 3.53. The van der Waals surface area contributed by atoms with Gasteiger partial charge in [-0.2, -0.15) is 26.3 Å². The molecule has 0 spiro atoms. The number of hydrogen-bond donors (Lipinski definition) is 1. The SMILES string of the molecule is Cc1cc(C)cc(P([C]2[CH][CH][CH][C]2C(O)c2ccccc2P(c2ccc(C(F)(F)F)cc2)c2ccc(C(F)(F)F)cc2)c2cc(C)cc(C)c2)c1. The predicted octanol–water partition coefficient (Wildman–Crippen LogP) is 9.62. The van der Waals surface area contributed by atoms with Crippen LogP contribution in [-0.4, -0.2) is 5.11 Å². The molecule has 1 saturated carbocycles. The van der Waals surface area contributed by atoms with Crippen molar-refractivity contribution in [3.63, 3.8) is 0 Å². The molecule has 0 saturated heterocycles. The molecule has 0 heterocycles. The third-order valence-electron chi connectivity index (χ3n) is 8.67. The molecule has 1 fully saturated rings. The van der Waals surface area contributed by atoms with Gasteiger partial charge in [0.25, 0.3) is 0 Å². The van der Waals surface area contributed by atoms with E-state index in [2.05, 4.69) is 64.1 Å². The summed E-state index contributed by atoms with van der Waals surface area (Å²) < 4.78 is 81.3. The number of hydrogen-bond acceptors (Lipinski definition) is 1. The number of aryl methyl sites for hydroxylation is 4. The number of rotatable bonds is 8. The van der Waals surface area contributed by atoms with Crippen LogP contribution < -0.4 is 26.5 Å². The van der Waals surface area contributed by atoms with Crippen LogP contribution in [0.2, 0.25) is 0 Å². The Bertz CT molecular complexity index is 1840. The molecule has 1 atom stereocenters. The Kier molecular flexibility index (Phi) is 10.9. The topological polar surface area (TPSA) is 20.2 Å². The molecule has 9 heteroatoms. The molecule has 1 nitrogen and oxygen atoms in total. The van der Waals surface area contributed by atoms with Crippen LogP contribution in [0.1, 0.15) is 45.0 Å². The van der Waals surface area contributed by atoms with Crippen LogP contribution in [0.4, 0.5) is 26.3 Å². The molecule has 6 rings (SSSR count). The summed E-state index contributed by atoms with van der Waals surface area (Å²) in [5.41, 5.74) is 4.35. The van der Waals surface area contributed by atoms with Crippen molar-refractivity contribution in [2.45, 2.75) is 46.2 Å². The van der Waals surface area contributed by atoms with Gasteiger partial charge in [0.2, 0.25) is 0 Å². The lowest BCUT2D eigenvalue weighted by molar-refractivity contribution is -0.138. The van der Waals surface area contributed by atoms with Crippen LogP contribution >= 0.6 is 15.8 Å². The fraction of sp³-hybridized carbons (Fsp3) is 0.167. The lowest BCUT2D eigenvalue weighted by Crippen LogP contribution is -2.28. The smallest absolute Gasteiger partial charge is 0.388 e. The molecule has 0 aromatic heterocycles. The van der Waals surface area contributed by atoms with Crippen molar-refractivity contribution >= 4 is 42.4 Å². The Hall–Kier alpha value is -3.50. The molecule has 0 amide bonds. The summed E-state index contributed by atoms with van der Waals surface area (Å²) in [6, 6.07) is 29.6. The highest BCUT2D eigenvalue weighted by Gasteiger charge is 2.42. The van der Waals surface area contributed by atoms with Gasteiger partial charge in [0.1, 0.15) is 0 Å². The minimum atomic E-state index is -4.55. The number of alkyl halides is 6. The molecule has 51 heavy (non-hydrogen) atoms. The van der Waals surface area contributed by atoms with Crippen molar-refractivity contribution < 1.29 is 31.4 Å². The van der Waals surface area contributed by atoms with E-state index in [-0.39, 0.29) is 0 Å². The van der Waals surface area contributed by atoms with Crippen LogP contribution in [0.3, 0.4) is 0 Å². The normalized spacial score (nSPS) is 15.2. The van der Waals surface area contributed by atoms with Gasteiger partial charge in [-0.05, 0) is 119 Å². The van der Waals surface area contributed by atoms with E-state index in [1.807, 2.05) is 19.3 Å². The van der Waals surface area contributed by atoms with Gasteiger partial charge >= 0.3 is 12.4 Å². The molecule has 0 bridgehead atoms. The maximum atomic E-state index is 13.6. The maximum absolute atomic E-state index is 13.6. The van der Waals surface area contributed by atoms with Crippen molar-refractivity contribution in [3.05, 3.63) is 179 Å². The Morgan fingerprint density at radius 3 is 1.37 bits per heavy atom. The minimum absolute atomic E-state index is 0.507. The second-order valence-corrected chi connectivity index (χ2v) is 17.2. The van der Waals surface area contributed by atoms with E-state index < -0.39 is 45.4 Å². The molecule has 1 N–H and O–H groups in total. The number of aliphatic hydroxyl groups is 1. The number of aliphatic hydroxyl groups excluding tert-OH is 1. The van der Waals surface area contributed by atoms with Gasteiger partial charge in [-0.25, -0.2) is 0 Å². The predicted molar refractivity (Wildman–Crippen MR) is 198 cm³/mol. The van der Waals surface area contributed by atoms with Gasteiger partial charge < -0.3 is 5.11 Å². The van der Waals surface area contributed by atoms with E-state index in [1.165, 1.54) is 24.3 Å². The lowest BCUT2D eigenvalue weighted by atomic mass is 9.94. The Balaban J connectivity index is 1.46. The first-order valence-corrected chi connectivity index (χ1v) is 18.9. The summed E-state index contributed by atoms with van der Waals surface area (Å²) in [5, 5.41) is 16.3. The van der Waals surface area contributed by atoms with E-state index in [9.17, 15) is 31.4 Å². The standard InChI is InChI=1S/C42H35F6OP2/c1-26-20-27(2)23-34(22-26)51(35-24-28(3)21-29(4)25-35)39-11-7-9-37(39)40(49)36-8-5-6-10-38(36)50(32-16-12-30(13-17-32)41(43,44)45)33-18-14-31(15-19-33)42(46,47)48/h5-25,40,49H,1-4H3. The monoisotopic (exact) mass is 731 g/mol. The van der Waals surface area contributed by atoms with Crippen LogP contribution in [0.25, 0.3) is 0 Å². The first-order chi connectivity index (χ1) is 24.1. The zero-order chi connectivity index (χ0) is 36.7. The highest BCUT2D eigenvalue weighted by Crippen LogP contribution is 2.59. The average molecular weight is 732 g/mol. The molecule has 5 radical (unpaired) electrons. The van der Waals surface area contributed by atoms with E-state index in [4.69, 9.17) is 0 Å². The van der Waals surface area contributed by atoms with Gasteiger partial charge in [0.15, 0.2) is 0 Å². The summed E-state index contributed by atoms with van der Waals surface area (Å²) in [6.45, 7) is 8.25. The molecule has 1 unspecified atom stereocenters. The Morgan fingerprint density at radius 1 is 0.510 bits per heavy atom. The number of benzene rings is 5.